The monoisotopic (exact) mass is 240 g/mol. The Morgan fingerprint density at radius 2 is 1.88 bits per heavy atom. The number of hydrogen-bond donors (Lipinski definition) is 1. The second-order valence-electron chi connectivity index (χ2n) is 5.15. The summed E-state index contributed by atoms with van der Waals surface area (Å²) >= 11 is 5.08. The SMILES string of the molecule is CN(C(=O)C1(C(N)=S)CCC1)C1CCCC1. The quantitative estimate of drug-likeness (QED) is 0.766. The zero-order valence-electron chi connectivity index (χ0n) is 9.87. The van der Waals surface area contributed by atoms with Crippen LogP contribution in [0.25, 0.3) is 0 Å². The van der Waals surface area contributed by atoms with Gasteiger partial charge in [0.05, 0.1) is 10.4 Å². The van der Waals surface area contributed by atoms with E-state index in [0.717, 1.165) is 32.1 Å². The van der Waals surface area contributed by atoms with Crippen LogP contribution >= 0.6 is 12.2 Å². The van der Waals surface area contributed by atoms with Crippen molar-refractivity contribution in [3.8, 4) is 0 Å². The van der Waals surface area contributed by atoms with Gasteiger partial charge >= 0.3 is 0 Å². The summed E-state index contributed by atoms with van der Waals surface area (Å²) in [7, 11) is 1.91. The molecular weight excluding hydrogens is 220 g/mol. The van der Waals surface area contributed by atoms with Crippen molar-refractivity contribution in [2.45, 2.75) is 51.0 Å². The molecule has 90 valence electrons. The van der Waals surface area contributed by atoms with Gasteiger partial charge in [-0.05, 0) is 25.7 Å². The molecule has 0 radical (unpaired) electrons. The minimum Gasteiger partial charge on any atom is -0.392 e. The maximum absolute atomic E-state index is 12.4. The van der Waals surface area contributed by atoms with Gasteiger partial charge in [-0.1, -0.05) is 31.5 Å². The maximum atomic E-state index is 12.4. The molecule has 0 aromatic carbocycles. The Kier molecular flexibility index (Phi) is 3.19. The molecule has 2 N–H and O–H groups in total. The molecule has 2 fully saturated rings. The van der Waals surface area contributed by atoms with E-state index in [4.69, 9.17) is 18.0 Å². The third-order valence-electron chi connectivity index (χ3n) is 4.28. The van der Waals surface area contributed by atoms with Gasteiger partial charge in [0.25, 0.3) is 0 Å². The van der Waals surface area contributed by atoms with Crippen molar-refractivity contribution in [2.24, 2.45) is 11.1 Å². The van der Waals surface area contributed by atoms with E-state index in [0.29, 0.717) is 11.0 Å². The first kappa shape index (κ1) is 11.8. The van der Waals surface area contributed by atoms with Crippen LogP contribution in [0.2, 0.25) is 0 Å². The second kappa shape index (κ2) is 4.32. The van der Waals surface area contributed by atoms with Crippen molar-refractivity contribution in [1.29, 1.82) is 0 Å². The van der Waals surface area contributed by atoms with Crippen LogP contribution in [0.4, 0.5) is 0 Å². The van der Waals surface area contributed by atoms with Gasteiger partial charge in [-0.25, -0.2) is 0 Å². The van der Waals surface area contributed by atoms with Crippen molar-refractivity contribution < 1.29 is 4.79 Å². The van der Waals surface area contributed by atoms with Crippen LogP contribution in [0, 0.1) is 5.41 Å². The third-order valence-corrected chi connectivity index (χ3v) is 4.67. The Morgan fingerprint density at radius 3 is 2.25 bits per heavy atom. The van der Waals surface area contributed by atoms with Crippen molar-refractivity contribution in [3.05, 3.63) is 0 Å². The van der Waals surface area contributed by atoms with Crippen LogP contribution in [-0.4, -0.2) is 28.9 Å². The van der Waals surface area contributed by atoms with E-state index in [1.54, 1.807) is 0 Å². The molecule has 4 heteroatoms. The van der Waals surface area contributed by atoms with Crippen LogP contribution in [0.5, 0.6) is 0 Å². The van der Waals surface area contributed by atoms with Crippen molar-refractivity contribution in [2.75, 3.05) is 7.05 Å². The van der Waals surface area contributed by atoms with E-state index in [1.807, 2.05) is 11.9 Å². The molecule has 0 aromatic heterocycles. The van der Waals surface area contributed by atoms with Gasteiger partial charge < -0.3 is 10.6 Å². The molecule has 2 aliphatic rings. The molecule has 16 heavy (non-hydrogen) atoms. The summed E-state index contributed by atoms with van der Waals surface area (Å²) in [5.74, 6) is 0.165. The highest BCUT2D eigenvalue weighted by Crippen LogP contribution is 2.43. The molecule has 2 rings (SSSR count). The number of thiocarbonyl (C=S) groups is 1. The Bertz CT molecular complexity index is 306. The lowest BCUT2D eigenvalue weighted by Crippen LogP contribution is -2.55. The minimum absolute atomic E-state index is 0.165. The van der Waals surface area contributed by atoms with Crippen molar-refractivity contribution >= 4 is 23.1 Å². The van der Waals surface area contributed by atoms with Crippen LogP contribution in [0.1, 0.15) is 44.9 Å². The molecular formula is C12H20N2OS. The Morgan fingerprint density at radius 1 is 1.31 bits per heavy atom. The highest BCUT2D eigenvalue weighted by Gasteiger charge is 2.49. The molecule has 3 nitrogen and oxygen atoms in total. The fourth-order valence-corrected chi connectivity index (χ4v) is 3.18. The highest BCUT2D eigenvalue weighted by atomic mass is 32.1. The van der Waals surface area contributed by atoms with Gasteiger partial charge in [-0.2, -0.15) is 0 Å². The first-order chi connectivity index (χ1) is 7.58. The molecule has 2 aliphatic carbocycles. The van der Waals surface area contributed by atoms with E-state index < -0.39 is 5.41 Å². The Hall–Kier alpha value is -0.640. The molecule has 0 atom stereocenters. The summed E-state index contributed by atoms with van der Waals surface area (Å²) < 4.78 is 0. The van der Waals surface area contributed by atoms with Crippen LogP contribution < -0.4 is 5.73 Å². The van der Waals surface area contributed by atoms with Gasteiger partial charge in [0.15, 0.2) is 0 Å². The zero-order chi connectivity index (χ0) is 11.8. The van der Waals surface area contributed by atoms with E-state index in [1.165, 1.54) is 12.8 Å². The lowest BCUT2D eigenvalue weighted by Gasteiger charge is -2.43. The van der Waals surface area contributed by atoms with E-state index in [9.17, 15) is 4.79 Å². The number of nitrogens with zero attached hydrogens (tertiary/aromatic N) is 1. The van der Waals surface area contributed by atoms with Gasteiger partial charge in [0.2, 0.25) is 5.91 Å². The van der Waals surface area contributed by atoms with E-state index >= 15 is 0 Å². The first-order valence-corrected chi connectivity index (χ1v) is 6.56. The number of rotatable bonds is 3. The topological polar surface area (TPSA) is 46.3 Å². The second-order valence-corrected chi connectivity index (χ2v) is 5.59. The summed E-state index contributed by atoms with van der Waals surface area (Å²) in [5.41, 5.74) is 5.26. The lowest BCUT2D eigenvalue weighted by atomic mass is 9.67. The van der Waals surface area contributed by atoms with Crippen LogP contribution in [0.3, 0.4) is 0 Å². The number of nitrogens with two attached hydrogens (primary N) is 1. The standard InChI is InChI=1S/C12H20N2OS/c1-14(9-5-2-3-6-9)11(15)12(10(13)16)7-4-8-12/h9H,2-8H2,1H3,(H2,13,16). The molecule has 0 saturated heterocycles. The van der Waals surface area contributed by atoms with Crippen molar-refractivity contribution in [1.82, 2.24) is 4.90 Å². The largest absolute Gasteiger partial charge is 0.392 e. The zero-order valence-corrected chi connectivity index (χ0v) is 10.7. The summed E-state index contributed by atoms with van der Waals surface area (Å²) in [6.07, 6.45) is 7.51. The molecule has 0 bridgehead atoms. The molecule has 0 unspecified atom stereocenters. The van der Waals surface area contributed by atoms with Gasteiger partial charge in [0, 0.05) is 13.1 Å². The average Bonchev–Trinajstić information content (AvgIpc) is 2.66. The van der Waals surface area contributed by atoms with E-state index in [-0.39, 0.29) is 5.91 Å². The number of hydrogen-bond acceptors (Lipinski definition) is 2. The molecule has 0 heterocycles. The molecule has 2 saturated carbocycles. The Balaban J connectivity index is 2.08. The fraction of sp³-hybridized carbons (Fsp3) is 0.833. The van der Waals surface area contributed by atoms with Crippen molar-refractivity contribution in [3.63, 3.8) is 0 Å². The predicted molar refractivity (Wildman–Crippen MR) is 68.1 cm³/mol. The van der Waals surface area contributed by atoms with Crippen LogP contribution in [-0.2, 0) is 4.79 Å². The normalized spacial score (nSPS) is 23.8. The first-order valence-electron chi connectivity index (χ1n) is 6.15. The lowest BCUT2D eigenvalue weighted by molar-refractivity contribution is -0.142. The molecule has 0 aromatic rings. The van der Waals surface area contributed by atoms with Gasteiger partial charge in [-0.3, -0.25) is 4.79 Å². The average molecular weight is 240 g/mol. The fourth-order valence-electron chi connectivity index (χ4n) is 2.89. The summed E-state index contributed by atoms with van der Waals surface area (Å²) in [4.78, 5) is 14.7. The highest BCUT2D eigenvalue weighted by molar-refractivity contribution is 7.80. The maximum Gasteiger partial charge on any atom is 0.235 e. The number of carbonyl (C=O) groups is 1. The smallest absolute Gasteiger partial charge is 0.235 e. The summed E-state index contributed by atoms with van der Waals surface area (Å²) in [6.45, 7) is 0. The predicted octanol–water partition coefficient (Wildman–Crippen LogP) is 1.84. The summed E-state index contributed by atoms with van der Waals surface area (Å²) in [5, 5.41) is 0. The minimum atomic E-state index is -0.493. The number of amides is 1. The van der Waals surface area contributed by atoms with Gasteiger partial charge in [-0.15, -0.1) is 0 Å². The van der Waals surface area contributed by atoms with Crippen LogP contribution in [0.15, 0.2) is 0 Å². The molecule has 0 spiro atoms. The molecule has 0 aliphatic heterocycles. The third kappa shape index (κ3) is 1.73. The van der Waals surface area contributed by atoms with E-state index in [2.05, 4.69) is 0 Å². The Labute approximate surface area is 102 Å². The van der Waals surface area contributed by atoms with Gasteiger partial charge in [0.1, 0.15) is 0 Å². The molecule has 1 amide bonds. The summed E-state index contributed by atoms with van der Waals surface area (Å²) in [6, 6.07) is 0.416. The number of carbonyl (C=O) groups excluding carboxylic acids is 1.